The van der Waals surface area contributed by atoms with Gasteiger partial charge in [0.15, 0.2) is 0 Å². The monoisotopic (exact) mass is 556 g/mol. The van der Waals surface area contributed by atoms with Crippen LogP contribution < -0.4 is 0 Å². The lowest BCUT2D eigenvalue weighted by atomic mass is 9.81. The molecule has 5 aromatic carbocycles. The van der Waals surface area contributed by atoms with Crippen molar-refractivity contribution in [1.29, 1.82) is 0 Å². The number of hydrogen-bond donors (Lipinski definition) is 0. The standard InChI is InChI=1S/C29H18Br2S/c1-29(2)21-11-9-15-17(5-3-7-23(15)30)27(21)19-14-26-20(13-22(19)29)28-18-6-4-8-24(31)16(18)10-12-25(28)32-26/h3-14H,1-2H3. The van der Waals surface area contributed by atoms with E-state index >= 15 is 0 Å². The molecular formula is C29H18Br2S. The maximum atomic E-state index is 3.76. The quantitative estimate of drug-likeness (QED) is 0.174. The molecule has 0 N–H and O–H groups in total. The second-order valence-corrected chi connectivity index (χ2v) is 12.0. The molecule has 0 bridgehead atoms. The van der Waals surface area contributed by atoms with E-state index in [1.165, 1.54) is 64.0 Å². The van der Waals surface area contributed by atoms with E-state index in [4.69, 9.17) is 0 Å². The fraction of sp³-hybridized carbons (Fsp3) is 0.103. The molecule has 0 spiro atoms. The van der Waals surface area contributed by atoms with Crippen LogP contribution in [-0.2, 0) is 5.41 Å². The van der Waals surface area contributed by atoms with Gasteiger partial charge in [-0.05, 0) is 74.1 Å². The maximum Gasteiger partial charge on any atom is 0.0362 e. The zero-order valence-electron chi connectivity index (χ0n) is 17.6. The summed E-state index contributed by atoms with van der Waals surface area (Å²) in [6, 6.07) is 27.1. The lowest BCUT2D eigenvalue weighted by Crippen LogP contribution is -2.14. The van der Waals surface area contributed by atoms with Gasteiger partial charge in [0.05, 0.1) is 0 Å². The van der Waals surface area contributed by atoms with Crippen molar-refractivity contribution < 1.29 is 0 Å². The van der Waals surface area contributed by atoms with Gasteiger partial charge in [-0.2, -0.15) is 0 Å². The highest BCUT2D eigenvalue weighted by molar-refractivity contribution is 9.11. The predicted molar refractivity (Wildman–Crippen MR) is 147 cm³/mol. The van der Waals surface area contributed by atoms with Crippen molar-refractivity contribution in [3.8, 4) is 11.1 Å². The zero-order chi connectivity index (χ0) is 21.8. The number of rotatable bonds is 0. The molecule has 0 aliphatic heterocycles. The highest BCUT2D eigenvalue weighted by Gasteiger charge is 2.37. The third kappa shape index (κ3) is 2.37. The first kappa shape index (κ1) is 19.3. The van der Waals surface area contributed by atoms with Crippen LogP contribution in [-0.4, -0.2) is 0 Å². The summed E-state index contributed by atoms with van der Waals surface area (Å²) in [5, 5.41) is 7.97. The Bertz CT molecular complexity index is 1770. The Balaban J connectivity index is 1.65. The van der Waals surface area contributed by atoms with Gasteiger partial charge in [0, 0.05) is 34.5 Å². The number of thiophene rings is 1. The second-order valence-electron chi connectivity index (χ2n) is 9.22. The van der Waals surface area contributed by atoms with Crippen LogP contribution in [0.15, 0.2) is 81.7 Å². The van der Waals surface area contributed by atoms with E-state index < -0.39 is 0 Å². The average Bonchev–Trinajstić information content (AvgIpc) is 3.26. The van der Waals surface area contributed by atoms with E-state index in [0.717, 1.165) is 8.95 Å². The van der Waals surface area contributed by atoms with Crippen molar-refractivity contribution in [3.05, 3.63) is 92.9 Å². The zero-order valence-corrected chi connectivity index (χ0v) is 21.6. The SMILES string of the molecule is CC1(C)c2cc3c(cc2-c2c1ccc1c(Br)cccc21)sc1ccc2c(Br)cccc2c13. The number of benzene rings is 5. The van der Waals surface area contributed by atoms with Crippen LogP contribution in [0.4, 0.5) is 0 Å². The summed E-state index contributed by atoms with van der Waals surface area (Å²) in [5.74, 6) is 0. The molecule has 1 aliphatic carbocycles. The Hall–Kier alpha value is -2.20. The fourth-order valence-corrected chi connectivity index (χ4v) is 7.78. The van der Waals surface area contributed by atoms with Gasteiger partial charge in [-0.15, -0.1) is 11.3 Å². The second kappa shape index (κ2) is 6.44. The van der Waals surface area contributed by atoms with E-state index in [9.17, 15) is 0 Å². The van der Waals surface area contributed by atoms with E-state index in [1.54, 1.807) is 0 Å². The molecule has 0 amide bonds. The van der Waals surface area contributed by atoms with Gasteiger partial charge in [-0.25, -0.2) is 0 Å². The van der Waals surface area contributed by atoms with Gasteiger partial charge < -0.3 is 0 Å². The number of halogens is 2. The highest BCUT2D eigenvalue weighted by atomic mass is 79.9. The molecule has 1 heterocycles. The Morgan fingerprint density at radius 1 is 0.625 bits per heavy atom. The normalized spacial score (nSPS) is 14.5. The molecule has 32 heavy (non-hydrogen) atoms. The minimum Gasteiger partial charge on any atom is -0.135 e. The Morgan fingerprint density at radius 2 is 1.31 bits per heavy atom. The lowest BCUT2D eigenvalue weighted by molar-refractivity contribution is 0.662. The smallest absolute Gasteiger partial charge is 0.0362 e. The molecule has 1 aromatic heterocycles. The lowest BCUT2D eigenvalue weighted by Gasteiger charge is -2.22. The highest BCUT2D eigenvalue weighted by Crippen LogP contribution is 2.54. The predicted octanol–water partition coefficient (Wildman–Crippen LogP) is 10.2. The molecule has 0 atom stereocenters. The first-order valence-corrected chi connectivity index (χ1v) is 13.2. The van der Waals surface area contributed by atoms with Crippen molar-refractivity contribution in [3.63, 3.8) is 0 Å². The van der Waals surface area contributed by atoms with Crippen molar-refractivity contribution in [2.45, 2.75) is 19.3 Å². The third-order valence-electron chi connectivity index (χ3n) is 7.20. The Labute approximate surface area is 207 Å². The molecule has 7 rings (SSSR count). The largest absolute Gasteiger partial charge is 0.135 e. The van der Waals surface area contributed by atoms with Crippen LogP contribution in [0.2, 0.25) is 0 Å². The molecule has 0 fully saturated rings. The topological polar surface area (TPSA) is 0 Å². The van der Waals surface area contributed by atoms with E-state index in [-0.39, 0.29) is 5.41 Å². The molecule has 0 saturated carbocycles. The summed E-state index contributed by atoms with van der Waals surface area (Å²) < 4.78 is 5.03. The molecule has 0 radical (unpaired) electrons. The Morgan fingerprint density at radius 3 is 2.09 bits per heavy atom. The summed E-state index contributed by atoms with van der Waals surface area (Å²) in [6.45, 7) is 4.74. The van der Waals surface area contributed by atoms with Gasteiger partial charge in [0.1, 0.15) is 0 Å². The van der Waals surface area contributed by atoms with Gasteiger partial charge in [-0.3, -0.25) is 0 Å². The van der Waals surface area contributed by atoms with Crippen molar-refractivity contribution in [1.82, 2.24) is 0 Å². The van der Waals surface area contributed by atoms with Crippen LogP contribution in [0, 0.1) is 0 Å². The molecule has 0 nitrogen and oxygen atoms in total. The Kier molecular flexibility index (Phi) is 3.88. The summed E-state index contributed by atoms with van der Waals surface area (Å²) in [5.41, 5.74) is 5.61. The van der Waals surface area contributed by atoms with E-state index in [1.807, 2.05) is 11.3 Å². The average molecular weight is 558 g/mol. The maximum absolute atomic E-state index is 3.76. The number of hydrogen-bond acceptors (Lipinski definition) is 1. The molecule has 1 aliphatic rings. The van der Waals surface area contributed by atoms with Crippen molar-refractivity contribution in [2.24, 2.45) is 0 Å². The molecule has 6 aromatic rings. The molecule has 154 valence electrons. The van der Waals surface area contributed by atoms with Gasteiger partial charge in [0.2, 0.25) is 0 Å². The van der Waals surface area contributed by atoms with E-state index in [2.05, 4.69) is 119 Å². The molecular weight excluding hydrogens is 540 g/mol. The van der Waals surface area contributed by atoms with Crippen LogP contribution in [0.3, 0.4) is 0 Å². The molecule has 0 unspecified atom stereocenters. The summed E-state index contributed by atoms with van der Waals surface area (Å²) in [6.07, 6.45) is 0. The fourth-order valence-electron chi connectivity index (χ4n) is 5.64. The van der Waals surface area contributed by atoms with Crippen LogP contribution >= 0.6 is 43.2 Å². The summed E-state index contributed by atoms with van der Waals surface area (Å²) in [7, 11) is 0. The van der Waals surface area contributed by atoms with Crippen LogP contribution in [0.5, 0.6) is 0 Å². The van der Waals surface area contributed by atoms with Gasteiger partial charge >= 0.3 is 0 Å². The van der Waals surface area contributed by atoms with E-state index in [0.29, 0.717) is 0 Å². The van der Waals surface area contributed by atoms with Gasteiger partial charge in [-0.1, -0.05) is 88.2 Å². The van der Waals surface area contributed by atoms with Crippen molar-refractivity contribution in [2.75, 3.05) is 0 Å². The molecule has 0 saturated heterocycles. The molecule has 3 heteroatoms. The summed E-state index contributed by atoms with van der Waals surface area (Å²) in [4.78, 5) is 0. The van der Waals surface area contributed by atoms with Crippen LogP contribution in [0.1, 0.15) is 25.0 Å². The first-order chi connectivity index (χ1) is 15.4. The first-order valence-electron chi connectivity index (χ1n) is 10.8. The number of fused-ring (bicyclic) bond motifs is 10. The van der Waals surface area contributed by atoms with Crippen molar-refractivity contribution >= 4 is 84.9 Å². The van der Waals surface area contributed by atoms with Crippen LogP contribution in [0.25, 0.3) is 52.8 Å². The third-order valence-corrected chi connectivity index (χ3v) is 9.70. The summed E-state index contributed by atoms with van der Waals surface area (Å²) >= 11 is 9.42. The minimum absolute atomic E-state index is 0.0329. The minimum atomic E-state index is -0.0329. The van der Waals surface area contributed by atoms with Gasteiger partial charge in [0.25, 0.3) is 0 Å².